The molecule has 0 aliphatic rings. The van der Waals surface area contributed by atoms with Gasteiger partial charge in [-0.3, -0.25) is 0 Å². The molecule has 0 fully saturated rings. The SMILES string of the molecule is OC(CCNc1ccccc1)Cn1c2ccc(Br)cc2c2cc(Br)ccc21. The molecule has 0 bridgehead atoms. The first-order valence-corrected chi connectivity index (χ1v) is 10.5. The van der Waals surface area contributed by atoms with Gasteiger partial charge in [0.15, 0.2) is 0 Å². The Morgan fingerprint density at radius 1 is 0.852 bits per heavy atom. The summed E-state index contributed by atoms with van der Waals surface area (Å²) in [5, 5.41) is 16.4. The molecule has 0 amide bonds. The van der Waals surface area contributed by atoms with E-state index < -0.39 is 6.10 Å². The predicted octanol–water partition coefficient (Wildman–Crippen LogP) is 6.18. The normalized spacial score (nSPS) is 12.6. The van der Waals surface area contributed by atoms with Crippen LogP contribution in [0, 0.1) is 0 Å². The van der Waals surface area contributed by atoms with Crippen molar-refractivity contribution in [3.63, 3.8) is 0 Å². The molecule has 0 saturated carbocycles. The Bertz CT molecular complexity index is 1020. The molecule has 1 unspecified atom stereocenters. The van der Waals surface area contributed by atoms with E-state index in [1.165, 1.54) is 10.8 Å². The minimum atomic E-state index is -0.424. The number of nitrogens with one attached hydrogen (secondary N) is 1. The fourth-order valence-corrected chi connectivity index (χ4v) is 4.21. The Hall–Kier alpha value is -1.82. The van der Waals surface area contributed by atoms with E-state index in [-0.39, 0.29) is 0 Å². The maximum absolute atomic E-state index is 10.6. The fraction of sp³-hybridized carbons (Fsp3) is 0.182. The van der Waals surface area contributed by atoms with Crippen molar-refractivity contribution in [1.29, 1.82) is 0 Å². The average Bonchev–Trinajstić information content (AvgIpc) is 2.95. The van der Waals surface area contributed by atoms with Crippen LogP contribution < -0.4 is 5.32 Å². The summed E-state index contributed by atoms with van der Waals surface area (Å²) in [6.07, 6.45) is 0.260. The minimum absolute atomic E-state index is 0.424. The lowest BCUT2D eigenvalue weighted by atomic mass is 10.2. The van der Waals surface area contributed by atoms with Gasteiger partial charge in [0.05, 0.1) is 6.10 Å². The van der Waals surface area contributed by atoms with Crippen LogP contribution in [-0.4, -0.2) is 22.3 Å². The molecular formula is C22H20Br2N2O. The number of aliphatic hydroxyl groups is 1. The Balaban J connectivity index is 1.57. The van der Waals surface area contributed by atoms with E-state index in [9.17, 15) is 5.11 Å². The molecule has 138 valence electrons. The molecule has 1 aromatic heterocycles. The molecule has 5 heteroatoms. The summed E-state index contributed by atoms with van der Waals surface area (Å²) < 4.78 is 4.33. The zero-order valence-corrected chi connectivity index (χ0v) is 17.9. The first kappa shape index (κ1) is 18.5. The first-order chi connectivity index (χ1) is 13.1. The number of para-hydroxylation sites is 1. The molecule has 1 atom stereocenters. The van der Waals surface area contributed by atoms with Crippen molar-refractivity contribution in [1.82, 2.24) is 4.57 Å². The van der Waals surface area contributed by atoms with Crippen LogP contribution in [0.3, 0.4) is 0 Å². The van der Waals surface area contributed by atoms with Gasteiger partial charge in [-0.05, 0) is 55.0 Å². The van der Waals surface area contributed by atoms with Gasteiger partial charge < -0.3 is 15.0 Å². The summed E-state index contributed by atoms with van der Waals surface area (Å²) in [4.78, 5) is 0. The van der Waals surface area contributed by atoms with Crippen LogP contribution >= 0.6 is 31.9 Å². The molecule has 0 spiro atoms. The van der Waals surface area contributed by atoms with Crippen LogP contribution in [0.4, 0.5) is 5.69 Å². The van der Waals surface area contributed by atoms with Crippen LogP contribution in [0.1, 0.15) is 6.42 Å². The second kappa shape index (κ2) is 8.05. The summed E-state index contributed by atoms with van der Waals surface area (Å²) in [6, 6.07) is 22.7. The highest BCUT2D eigenvalue weighted by molar-refractivity contribution is 9.10. The molecule has 3 aromatic carbocycles. The van der Waals surface area contributed by atoms with E-state index in [2.05, 4.69) is 78.1 Å². The highest BCUT2D eigenvalue weighted by atomic mass is 79.9. The molecule has 4 aromatic rings. The van der Waals surface area contributed by atoms with E-state index in [0.29, 0.717) is 13.0 Å². The number of hydrogen-bond acceptors (Lipinski definition) is 2. The third kappa shape index (κ3) is 4.05. The van der Waals surface area contributed by atoms with Crippen molar-refractivity contribution in [2.45, 2.75) is 19.1 Å². The molecule has 27 heavy (non-hydrogen) atoms. The number of aromatic nitrogens is 1. The predicted molar refractivity (Wildman–Crippen MR) is 120 cm³/mol. The average molecular weight is 488 g/mol. The quantitative estimate of drug-likeness (QED) is 0.340. The Kier molecular flexibility index (Phi) is 5.53. The lowest BCUT2D eigenvalue weighted by Gasteiger charge is -2.15. The number of hydrogen-bond donors (Lipinski definition) is 2. The van der Waals surface area contributed by atoms with Gasteiger partial charge in [0.25, 0.3) is 0 Å². The van der Waals surface area contributed by atoms with Gasteiger partial charge in [-0.15, -0.1) is 0 Å². The molecule has 4 rings (SSSR count). The number of fused-ring (bicyclic) bond motifs is 3. The van der Waals surface area contributed by atoms with E-state index >= 15 is 0 Å². The summed E-state index contributed by atoms with van der Waals surface area (Å²) >= 11 is 7.15. The molecule has 0 radical (unpaired) electrons. The largest absolute Gasteiger partial charge is 0.391 e. The number of halogens is 2. The number of nitrogens with zero attached hydrogens (tertiary/aromatic N) is 1. The minimum Gasteiger partial charge on any atom is -0.391 e. The van der Waals surface area contributed by atoms with Crippen LogP contribution in [0.25, 0.3) is 21.8 Å². The summed E-state index contributed by atoms with van der Waals surface area (Å²) in [5.74, 6) is 0. The number of aliphatic hydroxyl groups excluding tert-OH is 1. The molecule has 0 aliphatic carbocycles. The molecule has 3 nitrogen and oxygen atoms in total. The lowest BCUT2D eigenvalue weighted by molar-refractivity contribution is 0.151. The number of anilines is 1. The van der Waals surface area contributed by atoms with Crippen LogP contribution in [0.15, 0.2) is 75.7 Å². The molecule has 0 saturated heterocycles. The van der Waals surface area contributed by atoms with Crippen molar-refractivity contribution >= 4 is 59.4 Å². The number of rotatable bonds is 6. The summed E-state index contributed by atoms with van der Waals surface area (Å²) in [6.45, 7) is 1.30. The summed E-state index contributed by atoms with van der Waals surface area (Å²) in [5.41, 5.74) is 3.36. The maximum Gasteiger partial charge on any atom is 0.0736 e. The Morgan fingerprint density at radius 2 is 1.44 bits per heavy atom. The van der Waals surface area contributed by atoms with Crippen LogP contribution in [0.5, 0.6) is 0 Å². The van der Waals surface area contributed by atoms with Crippen LogP contribution in [0.2, 0.25) is 0 Å². The first-order valence-electron chi connectivity index (χ1n) is 8.96. The topological polar surface area (TPSA) is 37.2 Å². The van der Waals surface area contributed by atoms with E-state index in [1.54, 1.807) is 0 Å². The zero-order chi connectivity index (χ0) is 18.8. The molecule has 1 heterocycles. The third-order valence-electron chi connectivity index (χ3n) is 4.76. The second-order valence-corrected chi connectivity index (χ2v) is 8.50. The van der Waals surface area contributed by atoms with Crippen LogP contribution in [-0.2, 0) is 6.54 Å². The van der Waals surface area contributed by atoms with Crippen molar-refractivity contribution in [3.05, 3.63) is 75.7 Å². The molecule has 2 N–H and O–H groups in total. The highest BCUT2D eigenvalue weighted by Crippen LogP contribution is 2.33. The number of benzene rings is 3. The fourth-order valence-electron chi connectivity index (χ4n) is 3.49. The standard InChI is InChI=1S/C22H20Br2N2O/c23-15-6-8-21-19(12-15)20-13-16(24)7-9-22(20)26(21)14-18(27)10-11-25-17-4-2-1-3-5-17/h1-9,12-13,18,25,27H,10-11,14H2. The van der Waals surface area contributed by atoms with Gasteiger partial charge >= 0.3 is 0 Å². The summed E-state index contributed by atoms with van der Waals surface area (Å²) in [7, 11) is 0. The maximum atomic E-state index is 10.6. The van der Waals surface area contributed by atoms with Gasteiger partial charge in [-0.1, -0.05) is 50.1 Å². The lowest BCUT2D eigenvalue weighted by Crippen LogP contribution is -2.19. The third-order valence-corrected chi connectivity index (χ3v) is 5.75. The molecular weight excluding hydrogens is 468 g/mol. The van der Waals surface area contributed by atoms with Gasteiger partial charge in [0.2, 0.25) is 0 Å². The Morgan fingerprint density at radius 3 is 2.04 bits per heavy atom. The van der Waals surface area contributed by atoms with Crippen molar-refractivity contribution < 1.29 is 5.11 Å². The smallest absolute Gasteiger partial charge is 0.0736 e. The van der Waals surface area contributed by atoms with Gasteiger partial charge in [-0.2, -0.15) is 0 Å². The van der Waals surface area contributed by atoms with Gasteiger partial charge in [-0.25, -0.2) is 0 Å². The van der Waals surface area contributed by atoms with Gasteiger partial charge in [0.1, 0.15) is 0 Å². The van der Waals surface area contributed by atoms with Crippen molar-refractivity contribution in [2.24, 2.45) is 0 Å². The van der Waals surface area contributed by atoms with Crippen molar-refractivity contribution in [3.8, 4) is 0 Å². The van der Waals surface area contributed by atoms with E-state index in [1.807, 2.05) is 30.3 Å². The molecule has 0 aliphatic heterocycles. The second-order valence-electron chi connectivity index (χ2n) is 6.67. The Labute approximate surface area is 175 Å². The zero-order valence-electron chi connectivity index (χ0n) is 14.7. The van der Waals surface area contributed by atoms with Crippen molar-refractivity contribution in [2.75, 3.05) is 11.9 Å². The van der Waals surface area contributed by atoms with Gasteiger partial charge in [0, 0.05) is 49.5 Å². The van der Waals surface area contributed by atoms with E-state index in [4.69, 9.17) is 0 Å². The highest BCUT2D eigenvalue weighted by Gasteiger charge is 2.14. The van der Waals surface area contributed by atoms with E-state index in [0.717, 1.165) is 32.2 Å². The monoisotopic (exact) mass is 486 g/mol.